The summed E-state index contributed by atoms with van der Waals surface area (Å²) in [6.45, 7) is 2.66. The molecule has 0 bridgehead atoms. The molecular formula is C16H20N2O3S. The van der Waals surface area contributed by atoms with Gasteiger partial charge in [0.2, 0.25) is 0 Å². The normalized spacial score (nSPS) is 12.0. The van der Waals surface area contributed by atoms with Gasteiger partial charge >= 0.3 is 0 Å². The van der Waals surface area contributed by atoms with Crippen molar-refractivity contribution < 1.29 is 14.6 Å². The van der Waals surface area contributed by atoms with E-state index in [0.717, 1.165) is 5.69 Å². The molecule has 6 heteroatoms. The van der Waals surface area contributed by atoms with E-state index in [0.29, 0.717) is 30.9 Å². The molecule has 2 aromatic rings. The molecule has 1 aromatic carbocycles. The lowest BCUT2D eigenvalue weighted by atomic mass is 10.2. The number of carbonyl (C=O) groups is 1. The second kappa shape index (κ2) is 7.91. The van der Waals surface area contributed by atoms with Gasteiger partial charge in [0.1, 0.15) is 12.4 Å². The van der Waals surface area contributed by atoms with Gasteiger partial charge in [-0.25, -0.2) is 4.98 Å². The predicted molar refractivity (Wildman–Crippen MR) is 86.1 cm³/mol. The summed E-state index contributed by atoms with van der Waals surface area (Å²) >= 11 is 1.53. The van der Waals surface area contributed by atoms with Gasteiger partial charge in [0.05, 0.1) is 17.3 Å². The maximum atomic E-state index is 12.2. The summed E-state index contributed by atoms with van der Waals surface area (Å²) in [6.07, 6.45) is 0.161. The SMILES string of the molecule is CC(O)CCN(C)C(=O)c1ccc(OCc2cscn2)cc1. The van der Waals surface area contributed by atoms with Gasteiger partial charge in [0, 0.05) is 24.5 Å². The molecule has 0 radical (unpaired) electrons. The maximum Gasteiger partial charge on any atom is 0.253 e. The molecule has 0 aliphatic rings. The van der Waals surface area contributed by atoms with Gasteiger partial charge in [-0.2, -0.15) is 0 Å². The summed E-state index contributed by atoms with van der Waals surface area (Å²) < 4.78 is 5.61. The average Bonchev–Trinajstić information content (AvgIpc) is 3.03. The van der Waals surface area contributed by atoms with Crippen LogP contribution in [0.3, 0.4) is 0 Å². The van der Waals surface area contributed by atoms with Crippen LogP contribution in [-0.4, -0.2) is 40.6 Å². The standard InChI is InChI=1S/C16H20N2O3S/c1-12(19)7-8-18(2)16(20)13-3-5-15(6-4-13)21-9-14-10-22-11-17-14/h3-6,10-12,19H,7-9H2,1-2H3. The fourth-order valence-electron chi connectivity index (χ4n) is 1.86. The number of ether oxygens (including phenoxy) is 1. The lowest BCUT2D eigenvalue weighted by Crippen LogP contribution is -2.29. The van der Waals surface area contributed by atoms with Crippen molar-refractivity contribution in [2.75, 3.05) is 13.6 Å². The highest BCUT2D eigenvalue weighted by Crippen LogP contribution is 2.15. The van der Waals surface area contributed by atoms with E-state index >= 15 is 0 Å². The van der Waals surface area contributed by atoms with E-state index in [2.05, 4.69) is 4.98 Å². The van der Waals surface area contributed by atoms with Crippen molar-refractivity contribution in [1.82, 2.24) is 9.88 Å². The average molecular weight is 320 g/mol. The number of aliphatic hydroxyl groups excluding tert-OH is 1. The van der Waals surface area contributed by atoms with Crippen LogP contribution in [0.25, 0.3) is 0 Å². The Balaban J connectivity index is 1.89. The topological polar surface area (TPSA) is 62.7 Å². The number of aromatic nitrogens is 1. The van der Waals surface area contributed by atoms with Crippen LogP contribution in [0.1, 0.15) is 29.4 Å². The molecule has 1 heterocycles. The second-order valence-corrected chi connectivity index (χ2v) is 5.88. The first-order valence-corrected chi connectivity index (χ1v) is 8.04. The Hall–Kier alpha value is -1.92. The zero-order chi connectivity index (χ0) is 15.9. The van der Waals surface area contributed by atoms with Crippen LogP contribution in [-0.2, 0) is 6.61 Å². The van der Waals surface area contributed by atoms with Gasteiger partial charge in [-0.15, -0.1) is 11.3 Å². The third-order valence-corrected chi connectivity index (χ3v) is 3.84. The molecule has 0 aliphatic carbocycles. The van der Waals surface area contributed by atoms with E-state index < -0.39 is 6.10 Å². The van der Waals surface area contributed by atoms with Gasteiger partial charge in [0.15, 0.2) is 0 Å². The number of carbonyl (C=O) groups excluding carboxylic acids is 1. The summed E-state index contributed by atoms with van der Waals surface area (Å²) in [4.78, 5) is 18.0. The van der Waals surface area contributed by atoms with Crippen LogP contribution in [0.5, 0.6) is 5.75 Å². The van der Waals surface area contributed by atoms with Crippen LogP contribution in [0.4, 0.5) is 0 Å². The molecule has 0 fully saturated rings. The third-order valence-electron chi connectivity index (χ3n) is 3.20. The zero-order valence-electron chi connectivity index (χ0n) is 12.7. The molecule has 1 amide bonds. The summed E-state index contributed by atoms with van der Waals surface area (Å²) in [5, 5.41) is 11.2. The molecule has 5 nitrogen and oxygen atoms in total. The molecule has 0 aliphatic heterocycles. The van der Waals surface area contributed by atoms with Crippen molar-refractivity contribution in [3.05, 3.63) is 46.4 Å². The lowest BCUT2D eigenvalue weighted by molar-refractivity contribution is 0.0769. The van der Waals surface area contributed by atoms with Gasteiger partial charge in [-0.3, -0.25) is 4.79 Å². The van der Waals surface area contributed by atoms with Crippen molar-refractivity contribution >= 4 is 17.2 Å². The molecule has 1 unspecified atom stereocenters. The molecule has 1 aromatic heterocycles. The van der Waals surface area contributed by atoms with Crippen LogP contribution < -0.4 is 4.74 Å². The Bertz CT molecular complexity index is 582. The van der Waals surface area contributed by atoms with Crippen LogP contribution in [0.15, 0.2) is 35.2 Å². The number of benzene rings is 1. The molecule has 1 atom stereocenters. The van der Waals surface area contributed by atoms with Crippen molar-refractivity contribution in [3.63, 3.8) is 0 Å². The Kier molecular flexibility index (Phi) is 5.91. The summed E-state index contributed by atoms with van der Waals surface area (Å²) in [7, 11) is 1.73. The highest BCUT2D eigenvalue weighted by molar-refractivity contribution is 7.07. The molecule has 2 rings (SSSR count). The fourth-order valence-corrected chi connectivity index (χ4v) is 2.41. The number of nitrogens with zero attached hydrogens (tertiary/aromatic N) is 2. The molecular weight excluding hydrogens is 300 g/mol. The van der Waals surface area contributed by atoms with Crippen molar-refractivity contribution in [2.24, 2.45) is 0 Å². The Labute approximate surface area is 134 Å². The van der Waals surface area contributed by atoms with Gasteiger partial charge < -0.3 is 14.7 Å². The zero-order valence-corrected chi connectivity index (χ0v) is 13.5. The van der Waals surface area contributed by atoms with E-state index in [-0.39, 0.29) is 5.91 Å². The monoisotopic (exact) mass is 320 g/mol. The van der Waals surface area contributed by atoms with E-state index in [9.17, 15) is 9.90 Å². The second-order valence-electron chi connectivity index (χ2n) is 5.16. The first-order valence-electron chi connectivity index (χ1n) is 7.09. The number of hydrogen-bond donors (Lipinski definition) is 1. The van der Waals surface area contributed by atoms with E-state index in [1.807, 2.05) is 5.38 Å². The Morgan fingerprint density at radius 2 is 2.14 bits per heavy atom. The smallest absolute Gasteiger partial charge is 0.253 e. The summed E-state index contributed by atoms with van der Waals surface area (Å²) in [5.74, 6) is 0.642. The molecule has 1 N–H and O–H groups in total. The number of amides is 1. The number of rotatable bonds is 7. The van der Waals surface area contributed by atoms with E-state index in [1.165, 1.54) is 11.3 Å². The number of aliphatic hydroxyl groups is 1. The maximum absolute atomic E-state index is 12.2. The van der Waals surface area contributed by atoms with E-state index in [4.69, 9.17) is 4.74 Å². The fraction of sp³-hybridized carbons (Fsp3) is 0.375. The van der Waals surface area contributed by atoms with Crippen LogP contribution in [0, 0.1) is 0 Å². The summed E-state index contributed by atoms with van der Waals surface area (Å²) in [5.41, 5.74) is 3.26. The Morgan fingerprint density at radius 3 is 2.73 bits per heavy atom. The minimum Gasteiger partial charge on any atom is -0.487 e. The minimum absolute atomic E-state index is 0.0632. The minimum atomic E-state index is -0.406. The van der Waals surface area contributed by atoms with Gasteiger partial charge in [-0.1, -0.05) is 0 Å². The molecule has 0 saturated carbocycles. The highest BCUT2D eigenvalue weighted by Gasteiger charge is 2.12. The quantitative estimate of drug-likeness (QED) is 0.851. The predicted octanol–water partition coefficient (Wildman–Crippen LogP) is 2.57. The number of thiazole rings is 1. The molecule has 22 heavy (non-hydrogen) atoms. The van der Waals surface area contributed by atoms with Gasteiger partial charge in [0.25, 0.3) is 5.91 Å². The van der Waals surface area contributed by atoms with Crippen LogP contribution >= 0.6 is 11.3 Å². The molecule has 0 spiro atoms. The first kappa shape index (κ1) is 16.5. The van der Waals surface area contributed by atoms with Crippen molar-refractivity contribution in [2.45, 2.75) is 26.1 Å². The number of hydrogen-bond acceptors (Lipinski definition) is 5. The lowest BCUT2D eigenvalue weighted by Gasteiger charge is -2.18. The highest BCUT2D eigenvalue weighted by atomic mass is 32.1. The van der Waals surface area contributed by atoms with Crippen molar-refractivity contribution in [3.8, 4) is 5.75 Å². The summed E-state index contributed by atoms with van der Waals surface area (Å²) in [6, 6.07) is 7.05. The molecule has 118 valence electrons. The first-order chi connectivity index (χ1) is 10.6. The molecule has 0 saturated heterocycles. The van der Waals surface area contributed by atoms with Crippen molar-refractivity contribution in [1.29, 1.82) is 0 Å². The van der Waals surface area contributed by atoms with E-state index in [1.54, 1.807) is 48.6 Å². The van der Waals surface area contributed by atoms with Crippen LogP contribution in [0.2, 0.25) is 0 Å². The Morgan fingerprint density at radius 1 is 1.41 bits per heavy atom. The largest absolute Gasteiger partial charge is 0.487 e. The van der Waals surface area contributed by atoms with Gasteiger partial charge in [-0.05, 0) is 37.6 Å². The third kappa shape index (κ3) is 4.82.